The fraction of sp³-hybridized carbons (Fsp3) is 0. The van der Waals surface area contributed by atoms with Crippen molar-refractivity contribution in [2.75, 3.05) is 16.0 Å². The Kier molecular flexibility index (Phi) is 5.86. The zero-order valence-electron chi connectivity index (χ0n) is 18.1. The fourth-order valence-corrected chi connectivity index (χ4v) is 3.62. The van der Waals surface area contributed by atoms with E-state index in [0.29, 0.717) is 22.2 Å². The number of carbonyl (C=O) groups excluding carboxylic acids is 1. The second kappa shape index (κ2) is 9.42. The number of rotatable bonds is 6. The van der Waals surface area contributed by atoms with Gasteiger partial charge in [-0.05, 0) is 84.9 Å². The molecule has 0 aliphatic rings. The molecule has 1 heterocycles. The number of carbonyl (C=O) groups is 1. The number of fused-ring (bicyclic) bond motifs is 1. The number of hydrogen-bond acceptors (Lipinski definition) is 4. The Morgan fingerprint density at radius 1 is 0.676 bits per heavy atom. The number of aromatic nitrogens is 1. The van der Waals surface area contributed by atoms with Crippen molar-refractivity contribution in [2.24, 2.45) is 0 Å². The first-order chi connectivity index (χ1) is 16.6. The maximum Gasteiger partial charge on any atom is 0.255 e. The van der Waals surface area contributed by atoms with Gasteiger partial charge in [0.2, 0.25) is 0 Å². The number of benzene rings is 4. The minimum Gasteiger partial charge on any atom is -0.356 e. The zero-order valence-corrected chi connectivity index (χ0v) is 18.1. The molecule has 0 spiro atoms. The number of hydrogen-bond donors (Lipinski definition) is 3. The molecule has 34 heavy (non-hydrogen) atoms. The van der Waals surface area contributed by atoms with E-state index in [1.807, 2.05) is 66.7 Å². The van der Waals surface area contributed by atoms with Crippen molar-refractivity contribution >= 4 is 45.2 Å². The van der Waals surface area contributed by atoms with Crippen LogP contribution in [0.4, 0.5) is 32.8 Å². The van der Waals surface area contributed by atoms with E-state index < -0.39 is 0 Å². The SMILES string of the molecule is O=C(Nc1ccc(Nc2ccccc2)cc1)c1ccc(Nc2ccnc3ccc(F)cc23)cc1. The van der Waals surface area contributed by atoms with E-state index in [0.717, 1.165) is 22.7 Å². The van der Waals surface area contributed by atoms with Gasteiger partial charge in [0.25, 0.3) is 5.91 Å². The van der Waals surface area contributed by atoms with E-state index in [9.17, 15) is 9.18 Å². The van der Waals surface area contributed by atoms with Crippen LogP contribution in [0.5, 0.6) is 0 Å². The van der Waals surface area contributed by atoms with Crippen LogP contribution in [0.2, 0.25) is 0 Å². The summed E-state index contributed by atoms with van der Waals surface area (Å²) in [6.07, 6.45) is 1.67. The molecular formula is C28H21FN4O. The molecule has 0 fully saturated rings. The van der Waals surface area contributed by atoms with Crippen molar-refractivity contribution in [2.45, 2.75) is 0 Å². The van der Waals surface area contributed by atoms with Crippen LogP contribution in [0.25, 0.3) is 10.9 Å². The Balaban J connectivity index is 1.24. The van der Waals surface area contributed by atoms with E-state index in [1.54, 1.807) is 30.5 Å². The Morgan fingerprint density at radius 2 is 1.32 bits per heavy atom. The summed E-state index contributed by atoms with van der Waals surface area (Å²) in [5.41, 5.74) is 5.39. The third kappa shape index (κ3) is 4.86. The van der Waals surface area contributed by atoms with Gasteiger partial charge in [-0.15, -0.1) is 0 Å². The molecule has 0 bridgehead atoms. The van der Waals surface area contributed by atoms with Gasteiger partial charge in [0.1, 0.15) is 5.82 Å². The van der Waals surface area contributed by atoms with Gasteiger partial charge in [-0.2, -0.15) is 0 Å². The fourth-order valence-electron chi connectivity index (χ4n) is 3.62. The highest BCUT2D eigenvalue weighted by atomic mass is 19.1. The molecule has 0 unspecified atom stereocenters. The van der Waals surface area contributed by atoms with Gasteiger partial charge in [0.15, 0.2) is 0 Å². The number of para-hydroxylation sites is 1. The Labute approximate surface area is 196 Å². The second-order valence-corrected chi connectivity index (χ2v) is 7.74. The Hall–Kier alpha value is -4.71. The number of nitrogens with one attached hydrogen (secondary N) is 3. The van der Waals surface area contributed by atoms with E-state index in [2.05, 4.69) is 20.9 Å². The molecular weight excluding hydrogens is 427 g/mol. The van der Waals surface area contributed by atoms with Gasteiger partial charge in [-0.3, -0.25) is 9.78 Å². The van der Waals surface area contributed by atoms with Crippen LogP contribution in [0, 0.1) is 5.82 Å². The zero-order chi connectivity index (χ0) is 23.3. The van der Waals surface area contributed by atoms with Crippen LogP contribution in [0.15, 0.2) is 109 Å². The highest BCUT2D eigenvalue weighted by molar-refractivity contribution is 6.04. The van der Waals surface area contributed by atoms with Gasteiger partial charge in [0.05, 0.1) is 5.52 Å². The van der Waals surface area contributed by atoms with Crippen molar-refractivity contribution in [1.29, 1.82) is 0 Å². The average molecular weight is 449 g/mol. The summed E-state index contributed by atoms with van der Waals surface area (Å²) >= 11 is 0. The Bertz CT molecular complexity index is 1440. The third-order valence-electron chi connectivity index (χ3n) is 5.33. The number of amides is 1. The largest absolute Gasteiger partial charge is 0.356 e. The van der Waals surface area contributed by atoms with E-state index >= 15 is 0 Å². The molecule has 0 saturated heterocycles. The lowest BCUT2D eigenvalue weighted by Gasteiger charge is -2.11. The van der Waals surface area contributed by atoms with Crippen molar-refractivity contribution in [3.8, 4) is 0 Å². The minimum atomic E-state index is -0.320. The van der Waals surface area contributed by atoms with Crippen molar-refractivity contribution in [3.05, 3.63) is 121 Å². The molecule has 0 aliphatic carbocycles. The topological polar surface area (TPSA) is 66.1 Å². The van der Waals surface area contributed by atoms with Crippen molar-refractivity contribution < 1.29 is 9.18 Å². The monoisotopic (exact) mass is 448 g/mol. The molecule has 3 N–H and O–H groups in total. The van der Waals surface area contributed by atoms with E-state index in [1.165, 1.54) is 12.1 Å². The molecule has 5 nitrogen and oxygen atoms in total. The number of halogens is 1. The number of nitrogens with zero attached hydrogens (tertiary/aromatic N) is 1. The number of pyridine rings is 1. The summed E-state index contributed by atoms with van der Waals surface area (Å²) in [4.78, 5) is 16.9. The molecule has 0 atom stereocenters. The van der Waals surface area contributed by atoms with Gasteiger partial charge in [-0.25, -0.2) is 4.39 Å². The smallest absolute Gasteiger partial charge is 0.255 e. The molecule has 166 valence electrons. The van der Waals surface area contributed by atoms with Gasteiger partial charge >= 0.3 is 0 Å². The quantitative estimate of drug-likeness (QED) is 0.259. The first-order valence-corrected chi connectivity index (χ1v) is 10.8. The summed E-state index contributed by atoms with van der Waals surface area (Å²) < 4.78 is 13.7. The lowest BCUT2D eigenvalue weighted by Crippen LogP contribution is -2.11. The minimum absolute atomic E-state index is 0.202. The van der Waals surface area contributed by atoms with Crippen molar-refractivity contribution in [3.63, 3.8) is 0 Å². The molecule has 6 heteroatoms. The maximum atomic E-state index is 13.7. The number of anilines is 5. The van der Waals surface area contributed by atoms with E-state index in [-0.39, 0.29) is 11.7 Å². The molecule has 5 aromatic rings. The van der Waals surface area contributed by atoms with Gasteiger partial charge in [-0.1, -0.05) is 18.2 Å². The highest BCUT2D eigenvalue weighted by Gasteiger charge is 2.08. The predicted octanol–water partition coefficient (Wildman–Crippen LogP) is 7.11. The normalized spacial score (nSPS) is 10.6. The van der Waals surface area contributed by atoms with Gasteiger partial charge in [0, 0.05) is 45.6 Å². The molecule has 5 rings (SSSR count). The summed E-state index contributed by atoms with van der Waals surface area (Å²) in [5.74, 6) is -0.522. The van der Waals surface area contributed by atoms with Crippen LogP contribution in [-0.2, 0) is 0 Å². The summed E-state index contributed by atoms with van der Waals surface area (Å²) in [5, 5.41) is 10.2. The molecule has 0 aliphatic heterocycles. The van der Waals surface area contributed by atoms with Crippen LogP contribution >= 0.6 is 0 Å². The molecule has 1 amide bonds. The van der Waals surface area contributed by atoms with Gasteiger partial charge < -0.3 is 16.0 Å². The molecule has 1 aromatic heterocycles. The first-order valence-electron chi connectivity index (χ1n) is 10.8. The third-order valence-corrected chi connectivity index (χ3v) is 5.33. The lowest BCUT2D eigenvalue weighted by atomic mass is 10.1. The average Bonchev–Trinajstić information content (AvgIpc) is 2.87. The summed E-state index contributed by atoms with van der Waals surface area (Å²) in [6.45, 7) is 0. The molecule has 0 saturated carbocycles. The molecule has 4 aromatic carbocycles. The van der Waals surface area contributed by atoms with Crippen molar-refractivity contribution in [1.82, 2.24) is 4.98 Å². The summed E-state index contributed by atoms with van der Waals surface area (Å²) in [6, 6.07) is 30.8. The van der Waals surface area contributed by atoms with Crippen LogP contribution in [-0.4, -0.2) is 10.9 Å². The maximum absolute atomic E-state index is 13.7. The Morgan fingerprint density at radius 3 is 2.09 bits per heavy atom. The lowest BCUT2D eigenvalue weighted by molar-refractivity contribution is 0.102. The van der Waals surface area contributed by atoms with Crippen LogP contribution < -0.4 is 16.0 Å². The molecule has 0 radical (unpaired) electrons. The van der Waals surface area contributed by atoms with Crippen LogP contribution in [0.1, 0.15) is 10.4 Å². The standard InChI is InChI=1S/C28H21FN4O/c29-20-8-15-26-25(18-20)27(16-17-30-26)32-23-9-6-19(7-10-23)28(34)33-24-13-11-22(12-14-24)31-21-4-2-1-3-5-21/h1-18,31H,(H,30,32)(H,33,34). The predicted molar refractivity (Wildman–Crippen MR) is 136 cm³/mol. The highest BCUT2D eigenvalue weighted by Crippen LogP contribution is 2.26. The first kappa shape index (κ1) is 21.2. The second-order valence-electron chi connectivity index (χ2n) is 7.74. The van der Waals surface area contributed by atoms with E-state index in [4.69, 9.17) is 0 Å². The summed E-state index contributed by atoms with van der Waals surface area (Å²) in [7, 11) is 0. The van der Waals surface area contributed by atoms with Crippen LogP contribution in [0.3, 0.4) is 0 Å².